The molecule has 1 heterocycles. The van der Waals surface area contributed by atoms with E-state index < -0.39 is 43.1 Å². The first-order valence-corrected chi connectivity index (χ1v) is 12.3. The number of benzene rings is 3. The van der Waals surface area contributed by atoms with Crippen LogP contribution in [0.25, 0.3) is 11.0 Å². The second-order valence-corrected chi connectivity index (χ2v) is 10.1. The Morgan fingerprint density at radius 3 is 2.14 bits per heavy atom. The average Bonchev–Trinajstić information content (AvgIpc) is 2.81. The number of nitrogens with zero attached hydrogens (tertiary/aromatic N) is 3. The number of alkyl halides is 3. The molecular weight excluding hydrogens is 535 g/mol. The number of aryl methyl sites for hydroxylation is 2. The number of anilines is 3. The van der Waals surface area contributed by atoms with E-state index in [2.05, 4.69) is 20.0 Å². The highest BCUT2D eigenvalue weighted by molar-refractivity contribution is 7.92. The number of aromatic nitrogens is 2. The SMILES string of the molecule is Cc1cc2nc(Nc3ccc(Cl)c([N+](=O)[O-])c3)c(NS(=O)(=O)c3ccccc3C(F)(F)F)nc2cc1C. The van der Waals surface area contributed by atoms with Crippen LogP contribution in [-0.4, -0.2) is 23.3 Å². The highest BCUT2D eigenvalue weighted by Gasteiger charge is 2.37. The van der Waals surface area contributed by atoms with E-state index in [-0.39, 0.29) is 22.0 Å². The maximum Gasteiger partial charge on any atom is 0.417 e. The van der Waals surface area contributed by atoms with E-state index in [1.54, 1.807) is 19.1 Å². The van der Waals surface area contributed by atoms with Gasteiger partial charge in [0.2, 0.25) is 0 Å². The Bertz CT molecular complexity index is 1660. The summed E-state index contributed by atoms with van der Waals surface area (Å²) in [7, 11) is -4.80. The fourth-order valence-electron chi connectivity index (χ4n) is 3.45. The van der Waals surface area contributed by atoms with Crippen LogP contribution in [0, 0.1) is 24.0 Å². The Hall–Kier alpha value is -3.97. The molecule has 0 aliphatic rings. The van der Waals surface area contributed by atoms with Crippen molar-refractivity contribution in [3.8, 4) is 0 Å². The molecule has 0 aliphatic heterocycles. The minimum atomic E-state index is -4.93. The van der Waals surface area contributed by atoms with Crippen molar-refractivity contribution in [1.29, 1.82) is 0 Å². The predicted molar refractivity (Wildman–Crippen MR) is 133 cm³/mol. The summed E-state index contributed by atoms with van der Waals surface area (Å²) in [6, 6.07) is 10.8. The van der Waals surface area contributed by atoms with Gasteiger partial charge in [-0.1, -0.05) is 23.7 Å². The minimum Gasteiger partial charge on any atom is -0.337 e. The maximum atomic E-state index is 13.5. The van der Waals surface area contributed by atoms with Gasteiger partial charge >= 0.3 is 6.18 Å². The monoisotopic (exact) mass is 551 g/mol. The molecule has 2 N–H and O–H groups in total. The van der Waals surface area contributed by atoms with Gasteiger partial charge < -0.3 is 5.32 Å². The quantitative estimate of drug-likeness (QED) is 0.210. The third-order valence-corrected chi connectivity index (χ3v) is 7.12. The van der Waals surface area contributed by atoms with Crippen LogP contribution in [0.4, 0.5) is 36.2 Å². The first-order valence-electron chi connectivity index (χ1n) is 10.5. The van der Waals surface area contributed by atoms with Crippen molar-refractivity contribution in [1.82, 2.24) is 9.97 Å². The van der Waals surface area contributed by atoms with E-state index in [1.165, 1.54) is 12.1 Å². The standard InChI is InChI=1S/C23H17ClF3N5O4S/c1-12-9-17-18(10-13(12)2)30-22(21(29-17)28-14-7-8-16(24)19(11-14)32(33)34)31-37(35,36)20-6-4-3-5-15(20)23(25,26)27/h3-11H,1-2H3,(H,28,29)(H,30,31). The van der Waals surface area contributed by atoms with Gasteiger partial charge in [0, 0.05) is 11.8 Å². The molecule has 0 fully saturated rings. The molecule has 9 nitrogen and oxygen atoms in total. The van der Waals surface area contributed by atoms with E-state index in [0.717, 1.165) is 35.4 Å². The largest absolute Gasteiger partial charge is 0.417 e. The second kappa shape index (κ2) is 9.48. The van der Waals surface area contributed by atoms with Crippen LogP contribution in [-0.2, 0) is 16.2 Å². The molecule has 0 bridgehead atoms. The number of halogens is 4. The molecule has 0 spiro atoms. The summed E-state index contributed by atoms with van der Waals surface area (Å²) in [5, 5.41) is 13.9. The van der Waals surface area contributed by atoms with Crippen LogP contribution in [0.15, 0.2) is 59.5 Å². The van der Waals surface area contributed by atoms with E-state index >= 15 is 0 Å². The summed E-state index contributed by atoms with van der Waals surface area (Å²) in [6.45, 7) is 3.63. The Kier molecular flexibility index (Phi) is 6.69. The number of nitrogens with one attached hydrogen (secondary N) is 2. The second-order valence-electron chi connectivity index (χ2n) is 7.99. The van der Waals surface area contributed by atoms with Crippen LogP contribution in [0.2, 0.25) is 5.02 Å². The molecule has 0 amide bonds. The van der Waals surface area contributed by atoms with Crippen LogP contribution in [0.5, 0.6) is 0 Å². The molecule has 0 atom stereocenters. The summed E-state index contributed by atoms with van der Waals surface area (Å²) in [4.78, 5) is 18.3. The molecule has 4 aromatic rings. The summed E-state index contributed by atoms with van der Waals surface area (Å²) < 4.78 is 68.8. The van der Waals surface area contributed by atoms with Gasteiger partial charge in [0.05, 0.1) is 26.4 Å². The van der Waals surface area contributed by atoms with Gasteiger partial charge in [-0.3, -0.25) is 14.8 Å². The normalized spacial score (nSPS) is 11.9. The topological polar surface area (TPSA) is 127 Å². The fraction of sp³-hybridized carbons (Fsp3) is 0.130. The van der Waals surface area contributed by atoms with E-state index in [0.29, 0.717) is 11.6 Å². The molecule has 14 heteroatoms. The Morgan fingerprint density at radius 1 is 0.946 bits per heavy atom. The Morgan fingerprint density at radius 2 is 1.54 bits per heavy atom. The van der Waals surface area contributed by atoms with Gasteiger partial charge in [0.1, 0.15) is 5.02 Å². The van der Waals surface area contributed by atoms with Crippen molar-refractivity contribution < 1.29 is 26.5 Å². The van der Waals surface area contributed by atoms with Gasteiger partial charge in [0.15, 0.2) is 11.6 Å². The lowest BCUT2D eigenvalue weighted by molar-refractivity contribution is -0.384. The smallest absolute Gasteiger partial charge is 0.337 e. The average molecular weight is 552 g/mol. The summed E-state index contributed by atoms with van der Waals surface area (Å²) in [6.07, 6.45) is -4.93. The van der Waals surface area contributed by atoms with E-state index in [1.807, 2.05) is 6.92 Å². The van der Waals surface area contributed by atoms with Crippen LogP contribution in [0.1, 0.15) is 16.7 Å². The first-order chi connectivity index (χ1) is 17.3. The third-order valence-electron chi connectivity index (χ3n) is 5.40. The van der Waals surface area contributed by atoms with Crippen molar-refractivity contribution in [2.45, 2.75) is 24.9 Å². The zero-order chi connectivity index (χ0) is 27.1. The zero-order valence-electron chi connectivity index (χ0n) is 19.1. The molecule has 0 saturated heterocycles. The predicted octanol–water partition coefficient (Wildman–Crippen LogP) is 6.37. The number of hydrogen-bond acceptors (Lipinski definition) is 7. The Labute approximate surface area is 213 Å². The fourth-order valence-corrected chi connectivity index (χ4v) is 4.88. The molecule has 3 aromatic carbocycles. The molecule has 0 saturated carbocycles. The molecule has 37 heavy (non-hydrogen) atoms. The molecule has 1 aromatic heterocycles. The lowest BCUT2D eigenvalue weighted by atomic mass is 10.1. The van der Waals surface area contributed by atoms with Crippen molar-refractivity contribution in [2.24, 2.45) is 0 Å². The number of nitro benzene ring substituents is 1. The maximum absolute atomic E-state index is 13.5. The van der Waals surface area contributed by atoms with Crippen molar-refractivity contribution in [3.05, 3.63) is 86.4 Å². The molecule has 0 radical (unpaired) electrons. The summed E-state index contributed by atoms with van der Waals surface area (Å²) in [5.41, 5.74) is 0.656. The van der Waals surface area contributed by atoms with Crippen LogP contribution in [0.3, 0.4) is 0 Å². The van der Waals surface area contributed by atoms with Gasteiger partial charge in [-0.25, -0.2) is 18.4 Å². The van der Waals surface area contributed by atoms with Gasteiger partial charge in [0.25, 0.3) is 15.7 Å². The Balaban J connectivity index is 1.87. The minimum absolute atomic E-state index is 0.115. The van der Waals surface area contributed by atoms with Crippen LogP contribution >= 0.6 is 11.6 Å². The highest BCUT2D eigenvalue weighted by Crippen LogP contribution is 2.36. The molecule has 192 valence electrons. The lowest BCUT2D eigenvalue weighted by Gasteiger charge is -2.17. The number of nitro groups is 1. The van der Waals surface area contributed by atoms with E-state index in [9.17, 15) is 31.7 Å². The van der Waals surface area contributed by atoms with Crippen molar-refractivity contribution in [3.63, 3.8) is 0 Å². The zero-order valence-corrected chi connectivity index (χ0v) is 20.7. The van der Waals surface area contributed by atoms with Gasteiger partial charge in [-0.15, -0.1) is 0 Å². The summed E-state index contributed by atoms with van der Waals surface area (Å²) in [5.74, 6) is -0.606. The first kappa shape index (κ1) is 26.1. The molecule has 0 aliphatic carbocycles. The third kappa shape index (κ3) is 5.42. The number of hydrogen-bond donors (Lipinski definition) is 2. The van der Waals surface area contributed by atoms with Gasteiger partial charge in [-0.05, 0) is 61.4 Å². The van der Waals surface area contributed by atoms with Crippen molar-refractivity contribution >= 4 is 55.7 Å². The van der Waals surface area contributed by atoms with Crippen molar-refractivity contribution in [2.75, 3.05) is 10.0 Å². The summed E-state index contributed by atoms with van der Waals surface area (Å²) >= 11 is 5.86. The molecular formula is C23H17ClF3N5O4S. The van der Waals surface area contributed by atoms with Gasteiger partial charge in [-0.2, -0.15) is 13.2 Å². The molecule has 0 unspecified atom stereocenters. The number of sulfonamides is 1. The molecule has 4 rings (SSSR count). The highest BCUT2D eigenvalue weighted by atomic mass is 35.5. The van der Waals surface area contributed by atoms with E-state index in [4.69, 9.17) is 11.6 Å². The lowest BCUT2D eigenvalue weighted by Crippen LogP contribution is -2.20. The number of fused-ring (bicyclic) bond motifs is 1. The number of rotatable bonds is 6. The van der Waals surface area contributed by atoms with Crippen LogP contribution < -0.4 is 10.0 Å².